The monoisotopic (exact) mass is 396 g/mol. The maximum absolute atomic E-state index is 12.8. The first kappa shape index (κ1) is 19.1. The summed E-state index contributed by atoms with van der Waals surface area (Å²) in [6, 6.07) is 11.3. The fraction of sp³-hybridized carbons (Fsp3) is 0.364. The number of carbonyl (C=O) groups excluding carboxylic acids is 2. The van der Waals surface area contributed by atoms with Gasteiger partial charge in [0, 0.05) is 19.4 Å². The number of carbonyl (C=O) groups is 2. The second-order valence-corrected chi connectivity index (χ2v) is 7.37. The van der Waals surface area contributed by atoms with E-state index in [9.17, 15) is 9.59 Å². The van der Waals surface area contributed by atoms with Gasteiger partial charge in [0.2, 0.25) is 18.6 Å². The molecule has 1 N–H and O–H groups in total. The average molecular weight is 396 g/mol. The lowest BCUT2D eigenvalue weighted by Crippen LogP contribution is -2.42. The molecule has 2 aromatic rings. The van der Waals surface area contributed by atoms with Crippen molar-refractivity contribution in [2.45, 2.75) is 39.3 Å². The molecule has 1 atom stereocenters. The minimum atomic E-state index is -0.165. The van der Waals surface area contributed by atoms with Gasteiger partial charge in [-0.05, 0) is 49.2 Å². The zero-order valence-electron chi connectivity index (χ0n) is 16.6. The van der Waals surface area contributed by atoms with E-state index in [1.165, 1.54) is 0 Å². The number of hydrogen-bond donors (Lipinski definition) is 1. The molecule has 0 aromatic heterocycles. The first-order chi connectivity index (χ1) is 14.0. The molecule has 2 aliphatic rings. The largest absolute Gasteiger partial charge is 0.487 e. The van der Waals surface area contributed by atoms with Crippen molar-refractivity contribution in [3.05, 3.63) is 47.5 Å². The lowest BCUT2D eigenvalue weighted by Gasteiger charge is -2.33. The Balaban J connectivity index is 1.31. The number of ether oxygens (including phenoxy) is 3. The summed E-state index contributed by atoms with van der Waals surface area (Å²) < 4.78 is 16.4. The van der Waals surface area contributed by atoms with Crippen LogP contribution in [0.3, 0.4) is 0 Å². The van der Waals surface area contributed by atoms with E-state index >= 15 is 0 Å². The van der Waals surface area contributed by atoms with E-state index in [0.29, 0.717) is 30.3 Å². The molecule has 0 spiro atoms. The normalized spacial score (nSPS) is 16.8. The molecule has 0 fully saturated rings. The molecule has 2 aliphatic heterocycles. The predicted octanol–water partition coefficient (Wildman–Crippen LogP) is 2.93. The molecule has 29 heavy (non-hydrogen) atoms. The smallest absolute Gasteiger partial charge is 0.231 e. The van der Waals surface area contributed by atoms with E-state index < -0.39 is 0 Å². The van der Waals surface area contributed by atoms with Gasteiger partial charge >= 0.3 is 0 Å². The van der Waals surface area contributed by atoms with Crippen molar-refractivity contribution in [2.24, 2.45) is 0 Å². The average Bonchev–Trinajstić information content (AvgIpc) is 3.18. The summed E-state index contributed by atoms with van der Waals surface area (Å²) in [5.74, 6) is 1.85. The lowest BCUT2D eigenvalue weighted by molar-refractivity contribution is -0.125. The highest BCUT2D eigenvalue weighted by Crippen LogP contribution is 2.35. The number of benzene rings is 2. The quantitative estimate of drug-likeness (QED) is 0.841. The van der Waals surface area contributed by atoms with Crippen LogP contribution in [-0.4, -0.2) is 31.3 Å². The van der Waals surface area contributed by atoms with Gasteiger partial charge < -0.3 is 24.4 Å². The topological polar surface area (TPSA) is 77.1 Å². The van der Waals surface area contributed by atoms with E-state index in [2.05, 4.69) is 5.32 Å². The summed E-state index contributed by atoms with van der Waals surface area (Å²) in [5.41, 5.74) is 2.75. The summed E-state index contributed by atoms with van der Waals surface area (Å²) >= 11 is 0. The molecule has 7 nitrogen and oxygen atoms in total. The van der Waals surface area contributed by atoms with Crippen molar-refractivity contribution in [3.8, 4) is 17.2 Å². The van der Waals surface area contributed by atoms with Crippen molar-refractivity contribution >= 4 is 17.5 Å². The van der Waals surface area contributed by atoms with E-state index in [0.717, 1.165) is 16.8 Å². The van der Waals surface area contributed by atoms with Gasteiger partial charge in [-0.15, -0.1) is 0 Å². The standard InChI is InChI=1S/C22H24N2O5/c1-14-3-5-18-17(9-14)24(12-15(2)29-18)22(26)8-7-21(25)23-11-16-4-6-19-20(10-16)28-13-27-19/h3-6,9-10,15H,7-8,11-13H2,1-2H3,(H,23,25). The van der Waals surface area contributed by atoms with Crippen LogP contribution in [0.1, 0.15) is 30.9 Å². The van der Waals surface area contributed by atoms with Gasteiger partial charge in [0.05, 0.1) is 12.2 Å². The predicted molar refractivity (Wildman–Crippen MR) is 107 cm³/mol. The molecular weight excluding hydrogens is 372 g/mol. The van der Waals surface area contributed by atoms with Gasteiger partial charge in [-0.2, -0.15) is 0 Å². The van der Waals surface area contributed by atoms with Gasteiger partial charge in [-0.25, -0.2) is 0 Å². The summed E-state index contributed by atoms with van der Waals surface area (Å²) in [6.45, 7) is 4.98. The number of nitrogens with zero attached hydrogens (tertiary/aromatic N) is 1. The van der Waals surface area contributed by atoms with Crippen LogP contribution < -0.4 is 24.4 Å². The van der Waals surface area contributed by atoms with Crippen molar-refractivity contribution < 1.29 is 23.8 Å². The third-order valence-electron chi connectivity index (χ3n) is 4.97. The summed E-state index contributed by atoms with van der Waals surface area (Å²) in [7, 11) is 0. The molecule has 0 aliphatic carbocycles. The van der Waals surface area contributed by atoms with E-state index in [4.69, 9.17) is 14.2 Å². The molecule has 1 unspecified atom stereocenters. The van der Waals surface area contributed by atoms with E-state index in [1.54, 1.807) is 4.90 Å². The number of amides is 2. The van der Waals surface area contributed by atoms with Crippen LogP contribution in [0.4, 0.5) is 5.69 Å². The number of anilines is 1. The van der Waals surface area contributed by atoms with E-state index in [-0.39, 0.29) is 37.6 Å². The van der Waals surface area contributed by atoms with Crippen LogP contribution in [0.25, 0.3) is 0 Å². The summed E-state index contributed by atoms with van der Waals surface area (Å²) in [4.78, 5) is 26.7. The highest BCUT2D eigenvalue weighted by atomic mass is 16.7. The zero-order valence-corrected chi connectivity index (χ0v) is 16.6. The van der Waals surface area contributed by atoms with Gasteiger partial charge in [-0.1, -0.05) is 12.1 Å². The van der Waals surface area contributed by atoms with Crippen molar-refractivity contribution in [1.29, 1.82) is 0 Å². The molecule has 2 heterocycles. The minimum Gasteiger partial charge on any atom is -0.487 e. The van der Waals surface area contributed by atoms with Crippen LogP contribution in [0.5, 0.6) is 17.2 Å². The maximum atomic E-state index is 12.8. The van der Waals surface area contributed by atoms with Crippen LogP contribution in [0, 0.1) is 6.92 Å². The molecule has 0 saturated carbocycles. The fourth-order valence-electron chi connectivity index (χ4n) is 3.48. The molecule has 0 bridgehead atoms. The zero-order chi connectivity index (χ0) is 20.4. The van der Waals surface area contributed by atoms with Gasteiger partial charge in [0.1, 0.15) is 11.9 Å². The highest BCUT2D eigenvalue weighted by molar-refractivity contribution is 5.97. The van der Waals surface area contributed by atoms with Crippen molar-refractivity contribution in [2.75, 3.05) is 18.2 Å². The first-order valence-corrected chi connectivity index (χ1v) is 9.72. The van der Waals surface area contributed by atoms with E-state index in [1.807, 2.05) is 50.2 Å². The Morgan fingerprint density at radius 3 is 2.72 bits per heavy atom. The van der Waals surface area contributed by atoms with Gasteiger partial charge in [-0.3, -0.25) is 9.59 Å². The molecule has 2 aromatic carbocycles. The Morgan fingerprint density at radius 1 is 1.07 bits per heavy atom. The fourth-order valence-corrected chi connectivity index (χ4v) is 3.48. The molecule has 7 heteroatoms. The maximum Gasteiger partial charge on any atom is 0.231 e. The number of fused-ring (bicyclic) bond motifs is 2. The Hall–Kier alpha value is -3.22. The molecule has 2 amide bonds. The van der Waals surface area contributed by atoms with Crippen LogP contribution in [0.2, 0.25) is 0 Å². The Bertz CT molecular complexity index is 943. The second kappa shape index (κ2) is 8.03. The molecule has 4 rings (SSSR count). The number of hydrogen-bond acceptors (Lipinski definition) is 5. The summed E-state index contributed by atoms with van der Waals surface area (Å²) in [6.07, 6.45) is 0.192. The van der Waals surface area contributed by atoms with Gasteiger partial charge in [0.15, 0.2) is 11.5 Å². The molecule has 152 valence electrons. The Labute approximate surface area is 169 Å². The minimum absolute atomic E-state index is 0.0785. The number of nitrogens with one attached hydrogen (secondary N) is 1. The molecule has 0 saturated heterocycles. The summed E-state index contributed by atoms with van der Waals surface area (Å²) in [5, 5.41) is 2.85. The number of aryl methyl sites for hydroxylation is 1. The molecule has 0 radical (unpaired) electrons. The third-order valence-corrected chi connectivity index (χ3v) is 4.97. The SMILES string of the molecule is Cc1ccc2c(c1)N(C(=O)CCC(=O)NCc1ccc3c(c1)OCO3)CC(C)O2. The highest BCUT2D eigenvalue weighted by Gasteiger charge is 2.27. The Kier molecular flexibility index (Phi) is 5.29. The number of rotatable bonds is 5. The van der Waals surface area contributed by atoms with Crippen LogP contribution in [-0.2, 0) is 16.1 Å². The first-order valence-electron chi connectivity index (χ1n) is 9.72. The van der Waals surface area contributed by atoms with Crippen LogP contribution in [0.15, 0.2) is 36.4 Å². The second-order valence-electron chi connectivity index (χ2n) is 7.37. The molecular formula is C22H24N2O5. The van der Waals surface area contributed by atoms with Crippen molar-refractivity contribution in [1.82, 2.24) is 5.32 Å². The van der Waals surface area contributed by atoms with Crippen molar-refractivity contribution in [3.63, 3.8) is 0 Å². The van der Waals surface area contributed by atoms with Gasteiger partial charge in [0.25, 0.3) is 0 Å². The third kappa shape index (κ3) is 4.29. The van der Waals surface area contributed by atoms with Crippen LogP contribution >= 0.6 is 0 Å². The Morgan fingerprint density at radius 2 is 1.86 bits per heavy atom. The lowest BCUT2D eigenvalue weighted by atomic mass is 10.1.